The van der Waals surface area contributed by atoms with Crippen LogP contribution < -0.4 is 0 Å². The van der Waals surface area contributed by atoms with Crippen LogP contribution in [0.5, 0.6) is 0 Å². The molecular formula is C35H47N2+. The van der Waals surface area contributed by atoms with Crippen molar-refractivity contribution in [1.82, 2.24) is 4.90 Å². The predicted octanol–water partition coefficient (Wildman–Crippen LogP) is 9.16. The summed E-state index contributed by atoms with van der Waals surface area (Å²) in [5.74, 6) is 0. The summed E-state index contributed by atoms with van der Waals surface area (Å²) in [7, 11) is 0. The van der Waals surface area contributed by atoms with Crippen molar-refractivity contribution in [3.63, 3.8) is 0 Å². The lowest BCUT2D eigenvalue weighted by Gasteiger charge is -2.29. The van der Waals surface area contributed by atoms with Crippen molar-refractivity contribution in [2.45, 2.75) is 85.5 Å². The Bertz CT molecular complexity index is 1190. The Morgan fingerprint density at radius 3 is 2.41 bits per heavy atom. The molecule has 0 radical (unpaired) electrons. The molecule has 2 heteroatoms. The van der Waals surface area contributed by atoms with Crippen LogP contribution in [0.1, 0.15) is 85.6 Å². The zero-order valence-electron chi connectivity index (χ0n) is 24.1. The van der Waals surface area contributed by atoms with Gasteiger partial charge in [-0.25, -0.2) is 0 Å². The van der Waals surface area contributed by atoms with Gasteiger partial charge in [0.25, 0.3) is 0 Å². The molecular weight excluding hydrogens is 448 g/mol. The van der Waals surface area contributed by atoms with Gasteiger partial charge in [-0.3, -0.25) is 0 Å². The van der Waals surface area contributed by atoms with Gasteiger partial charge in [-0.1, -0.05) is 101 Å². The molecule has 0 N–H and O–H groups in total. The molecule has 0 unspecified atom stereocenters. The van der Waals surface area contributed by atoms with Gasteiger partial charge in [-0.2, -0.15) is 4.58 Å². The van der Waals surface area contributed by atoms with Crippen molar-refractivity contribution in [2.75, 3.05) is 13.1 Å². The summed E-state index contributed by atoms with van der Waals surface area (Å²) >= 11 is 0. The van der Waals surface area contributed by atoms with Gasteiger partial charge in [0.15, 0.2) is 5.71 Å². The van der Waals surface area contributed by atoms with Crippen molar-refractivity contribution in [3.05, 3.63) is 101 Å². The molecule has 196 valence electrons. The first kappa shape index (κ1) is 27.2. The average Bonchev–Trinajstić information content (AvgIpc) is 3.24. The minimum atomic E-state index is 0.0193. The summed E-state index contributed by atoms with van der Waals surface area (Å²) in [5, 5.41) is 0. The van der Waals surface area contributed by atoms with Crippen LogP contribution in [0.25, 0.3) is 0 Å². The van der Waals surface area contributed by atoms with E-state index in [4.69, 9.17) is 0 Å². The monoisotopic (exact) mass is 495 g/mol. The van der Waals surface area contributed by atoms with Gasteiger partial charge in [-0.15, -0.1) is 0 Å². The van der Waals surface area contributed by atoms with E-state index < -0.39 is 0 Å². The molecule has 2 aliphatic heterocycles. The second-order valence-electron chi connectivity index (χ2n) is 11.6. The fourth-order valence-electron chi connectivity index (χ4n) is 6.18. The third-order valence-corrected chi connectivity index (χ3v) is 8.30. The number of nitrogens with zero attached hydrogens (tertiary/aromatic N) is 2. The van der Waals surface area contributed by atoms with Crippen molar-refractivity contribution >= 4 is 11.4 Å². The Labute approximate surface area is 226 Å². The minimum Gasteiger partial charge on any atom is -0.347 e. The number of benzene rings is 1. The highest BCUT2D eigenvalue weighted by Gasteiger charge is 2.44. The maximum absolute atomic E-state index is 2.61. The zero-order chi connectivity index (χ0) is 26.5. The Morgan fingerprint density at radius 1 is 0.892 bits per heavy atom. The highest BCUT2D eigenvalue weighted by atomic mass is 15.2. The van der Waals surface area contributed by atoms with Gasteiger partial charge >= 0.3 is 0 Å². The molecule has 1 aromatic rings. The van der Waals surface area contributed by atoms with E-state index in [-0.39, 0.29) is 10.8 Å². The van der Waals surface area contributed by atoms with Crippen molar-refractivity contribution in [1.29, 1.82) is 0 Å². The number of rotatable bonds is 10. The average molecular weight is 496 g/mol. The van der Waals surface area contributed by atoms with E-state index in [0.717, 1.165) is 19.5 Å². The molecule has 0 spiro atoms. The summed E-state index contributed by atoms with van der Waals surface area (Å²) in [6, 6.07) is 8.90. The van der Waals surface area contributed by atoms with Gasteiger partial charge in [0.05, 0.1) is 5.41 Å². The molecule has 3 aliphatic rings. The second kappa shape index (κ2) is 11.7. The van der Waals surface area contributed by atoms with E-state index in [1.807, 2.05) is 0 Å². The molecule has 2 heterocycles. The first-order valence-corrected chi connectivity index (χ1v) is 14.5. The second-order valence-corrected chi connectivity index (χ2v) is 11.6. The minimum absolute atomic E-state index is 0.0193. The highest BCUT2D eigenvalue weighted by molar-refractivity contribution is 6.03. The standard InChI is InChI=1S/C35H47N2/c1-7-9-26-36-30-22-18-16-20-28(30)34(3,4)32(36)24-14-12-11-13-15-25-33-35(5,6)29-21-17-19-23-31(29)37(33)27-10-8-2/h11-18,20-22,24-25H,7-10,19,23,26-27H2,1-6H3/q+1. The van der Waals surface area contributed by atoms with Crippen molar-refractivity contribution < 1.29 is 4.58 Å². The zero-order valence-corrected chi connectivity index (χ0v) is 24.1. The molecule has 37 heavy (non-hydrogen) atoms. The molecule has 0 atom stereocenters. The number of fused-ring (bicyclic) bond motifs is 1. The van der Waals surface area contributed by atoms with E-state index in [1.165, 1.54) is 60.3 Å². The topological polar surface area (TPSA) is 6.25 Å². The Morgan fingerprint density at radius 2 is 1.62 bits per heavy atom. The van der Waals surface area contributed by atoms with Gasteiger partial charge in [0, 0.05) is 47.5 Å². The lowest BCUT2D eigenvalue weighted by atomic mass is 9.81. The Balaban J connectivity index is 1.50. The van der Waals surface area contributed by atoms with Crippen molar-refractivity contribution in [3.8, 4) is 0 Å². The van der Waals surface area contributed by atoms with E-state index in [2.05, 4.69) is 130 Å². The summed E-state index contributed by atoms with van der Waals surface area (Å²) < 4.78 is 2.53. The first-order valence-electron chi connectivity index (χ1n) is 14.5. The van der Waals surface area contributed by atoms with Crippen LogP contribution in [0.2, 0.25) is 0 Å². The van der Waals surface area contributed by atoms with Crippen LogP contribution in [0.3, 0.4) is 0 Å². The van der Waals surface area contributed by atoms with E-state index in [0.29, 0.717) is 0 Å². The van der Waals surface area contributed by atoms with Gasteiger partial charge in [-0.05, 0) is 44.8 Å². The van der Waals surface area contributed by atoms with E-state index >= 15 is 0 Å². The summed E-state index contributed by atoms with van der Waals surface area (Å²) in [6.07, 6.45) is 27.5. The Hall–Kier alpha value is -2.87. The van der Waals surface area contributed by atoms with Crippen LogP contribution in [0.15, 0.2) is 95.9 Å². The quantitative estimate of drug-likeness (QED) is 0.232. The SMILES string of the molecule is CCCCN1C2=C(C=CCC2)C(C)(C)\C1=C/C=C/C=C/C=C/C1=[N+](CCCC)c2ccccc2C1(C)C. The van der Waals surface area contributed by atoms with Crippen LogP contribution in [0, 0.1) is 5.41 Å². The highest BCUT2D eigenvalue weighted by Crippen LogP contribution is 2.50. The largest absolute Gasteiger partial charge is 0.347 e. The van der Waals surface area contributed by atoms with Crippen LogP contribution in [-0.4, -0.2) is 28.3 Å². The molecule has 0 amide bonds. The van der Waals surface area contributed by atoms with Gasteiger partial charge in [0.2, 0.25) is 5.69 Å². The molecule has 0 fully saturated rings. The molecule has 2 nitrogen and oxygen atoms in total. The fourth-order valence-corrected chi connectivity index (χ4v) is 6.18. The molecule has 1 aromatic carbocycles. The Kier molecular flexibility index (Phi) is 8.57. The van der Waals surface area contributed by atoms with Gasteiger partial charge in [0.1, 0.15) is 6.54 Å². The number of allylic oxidation sites excluding steroid dienone is 11. The number of hydrogen-bond acceptors (Lipinski definition) is 1. The van der Waals surface area contributed by atoms with E-state index in [1.54, 1.807) is 5.70 Å². The molecule has 0 bridgehead atoms. The maximum atomic E-state index is 2.61. The summed E-state index contributed by atoms with van der Waals surface area (Å²) in [6.45, 7) is 16.2. The number of unbranched alkanes of at least 4 members (excludes halogenated alkanes) is 2. The fraction of sp³-hybridized carbons (Fsp3) is 0.457. The third-order valence-electron chi connectivity index (χ3n) is 8.30. The first-order chi connectivity index (χ1) is 17.8. The smallest absolute Gasteiger partial charge is 0.209 e. The molecule has 4 rings (SSSR count). The molecule has 0 saturated heterocycles. The maximum Gasteiger partial charge on any atom is 0.209 e. The number of hydrogen-bond donors (Lipinski definition) is 0. The summed E-state index contributed by atoms with van der Waals surface area (Å²) in [5.41, 5.74) is 8.77. The number of para-hydroxylation sites is 1. The van der Waals surface area contributed by atoms with Crippen LogP contribution in [0.4, 0.5) is 5.69 Å². The van der Waals surface area contributed by atoms with Crippen molar-refractivity contribution in [2.24, 2.45) is 5.41 Å². The predicted molar refractivity (Wildman–Crippen MR) is 160 cm³/mol. The molecule has 0 saturated carbocycles. The lowest BCUT2D eigenvalue weighted by molar-refractivity contribution is -0.438. The lowest BCUT2D eigenvalue weighted by Crippen LogP contribution is -2.27. The third kappa shape index (κ3) is 5.40. The normalized spacial score (nSPS) is 21.5. The summed E-state index contributed by atoms with van der Waals surface area (Å²) in [4.78, 5) is 2.61. The van der Waals surface area contributed by atoms with Gasteiger partial charge < -0.3 is 4.90 Å². The van der Waals surface area contributed by atoms with Crippen LogP contribution >= 0.6 is 0 Å². The molecule has 1 aliphatic carbocycles. The van der Waals surface area contributed by atoms with Crippen LogP contribution in [-0.2, 0) is 5.41 Å². The van der Waals surface area contributed by atoms with E-state index in [9.17, 15) is 0 Å². The molecule has 0 aromatic heterocycles.